The van der Waals surface area contributed by atoms with E-state index in [1.54, 1.807) is 0 Å². The number of ether oxygens (including phenoxy) is 1. The summed E-state index contributed by atoms with van der Waals surface area (Å²) in [6, 6.07) is 11.2. The summed E-state index contributed by atoms with van der Waals surface area (Å²) in [6.07, 6.45) is 17.5. The molecule has 1 nitrogen and oxygen atoms in total. The van der Waals surface area contributed by atoms with Crippen molar-refractivity contribution in [2.24, 2.45) is 28.6 Å². The maximum absolute atomic E-state index is 6.84. The Morgan fingerprint density at radius 2 is 1.48 bits per heavy atom. The maximum Gasteiger partial charge on any atom is 0.0606 e. The molecule has 5 aliphatic carbocycles. The molecule has 1 aromatic carbocycles. The Bertz CT molecular complexity index is 592. The van der Waals surface area contributed by atoms with E-state index in [9.17, 15) is 0 Å². The molecule has 1 heteroatoms. The molecule has 5 aliphatic rings. The van der Waals surface area contributed by atoms with Gasteiger partial charge in [-0.15, -0.1) is 0 Å². The summed E-state index contributed by atoms with van der Waals surface area (Å²) in [6.45, 7) is 3.46. The van der Waals surface area contributed by atoms with Gasteiger partial charge in [0.1, 0.15) is 0 Å². The topological polar surface area (TPSA) is 9.23 Å². The van der Waals surface area contributed by atoms with E-state index < -0.39 is 0 Å². The van der Waals surface area contributed by atoms with E-state index in [0.717, 1.165) is 24.4 Å². The first-order valence-electron chi connectivity index (χ1n) is 11.8. The average molecular weight is 367 g/mol. The third kappa shape index (κ3) is 3.61. The Hall–Kier alpha value is -0.820. The highest BCUT2D eigenvalue weighted by Gasteiger charge is 2.51. The van der Waals surface area contributed by atoms with Gasteiger partial charge in [0.2, 0.25) is 0 Å². The van der Waals surface area contributed by atoms with Crippen LogP contribution in [-0.2, 0) is 11.2 Å². The standard InChI is InChI=1S/C26H38O/c1-20(26(10-6-3-7-11-26)18-21-8-4-2-5-9-21)27-19-25-15-22-12-23(16-25)14-24(13-22)17-25/h2,4-5,8-9,20,22-24H,3,6-7,10-19H2,1H3. The van der Waals surface area contributed by atoms with Crippen molar-refractivity contribution in [1.29, 1.82) is 0 Å². The lowest BCUT2D eigenvalue weighted by atomic mass is 9.50. The molecule has 5 fully saturated rings. The fourth-order valence-corrected chi connectivity index (χ4v) is 7.93. The van der Waals surface area contributed by atoms with E-state index in [1.807, 2.05) is 0 Å². The van der Waals surface area contributed by atoms with E-state index in [2.05, 4.69) is 37.3 Å². The molecule has 0 heterocycles. The number of benzene rings is 1. The molecule has 27 heavy (non-hydrogen) atoms. The van der Waals surface area contributed by atoms with Gasteiger partial charge in [0.15, 0.2) is 0 Å². The number of hydrogen-bond acceptors (Lipinski definition) is 1. The zero-order valence-corrected chi connectivity index (χ0v) is 17.3. The summed E-state index contributed by atoms with van der Waals surface area (Å²) in [4.78, 5) is 0. The molecule has 0 aliphatic heterocycles. The van der Waals surface area contributed by atoms with Crippen molar-refractivity contribution in [1.82, 2.24) is 0 Å². The van der Waals surface area contributed by atoms with Crippen LogP contribution in [0.5, 0.6) is 0 Å². The second-order valence-corrected chi connectivity index (χ2v) is 11.0. The number of rotatable bonds is 6. The highest BCUT2D eigenvalue weighted by molar-refractivity contribution is 5.17. The second-order valence-electron chi connectivity index (χ2n) is 11.0. The van der Waals surface area contributed by atoms with Crippen molar-refractivity contribution in [2.75, 3.05) is 6.61 Å². The van der Waals surface area contributed by atoms with Crippen molar-refractivity contribution in [3.05, 3.63) is 35.9 Å². The van der Waals surface area contributed by atoms with E-state index >= 15 is 0 Å². The van der Waals surface area contributed by atoms with Gasteiger partial charge >= 0.3 is 0 Å². The van der Waals surface area contributed by atoms with Crippen molar-refractivity contribution in [3.8, 4) is 0 Å². The lowest BCUT2D eigenvalue weighted by molar-refractivity contribution is -0.135. The van der Waals surface area contributed by atoms with Crippen LogP contribution in [0.4, 0.5) is 0 Å². The molecule has 148 valence electrons. The van der Waals surface area contributed by atoms with Crippen LogP contribution in [-0.4, -0.2) is 12.7 Å². The van der Waals surface area contributed by atoms with Crippen LogP contribution >= 0.6 is 0 Å². The first-order valence-corrected chi connectivity index (χ1v) is 11.8. The summed E-state index contributed by atoms with van der Waals surface area (Å²) in [5.41, 5.74) is 2.41. The SMILES string of the molecule is CC(OCC12CC3CC(CC(C3)C1)C2)C1(Cc2ccccc2)CCCCC1. The summed E-state index contributed by atoms with van der Waals surface area (Å²) in [7, 11) is 0. The Balaban J connectivity index is 1.28. The van der Waals surface area contributed by atoms with Crippen molar-refractivity contribution in [3.63, 3.8) is 0 Å². The Kier molecular flexibility index (Phi) is 4.87. The molecular formula is C26H38O. The first-order chi connectivity index (χ1) is 13.1. The zero-order chi connectivity index (χ0) is 18.3. The quantitative estimate of drug-likeness (QED) is 0.538. The molecule has 0 radical (unpaired) electrons. The molecule has 0 saturated heterocycles. The van der Waals surface area contributed by atoms with Crippen molar-refractivity contribution >= 4 is 0 Å². The third-order valence-corrected chi connectivity index (χ3v) is 8.92. The Morgan fingerprint density at radius 1 is 0.889 bits per heavy atom. The molecule has 4 bridgehead atoms. The third-order valence-electron chi connectivity index (χ3n) is 8.92. The minimum Gasteiger partial charge on any atom is -0.377 e. The maximum atomic E-state index is 6.84. The minimum absolute atomic E-state index is 0.363. The van der Waals surface area contributed by atoms with Gasteiger partial charge in [0.25, 0.3) is 0 Å². The molecule has 6 rings (SSSR count). The first kappa shape index (κ1) is 18.2. The average Bonchev–Trinajstić information content (AvgIpc) is 2.67. The van der Waals surface area contributed by atoms with Crippen LogP contribution in [0.2, 0.25) is 0 Å². The van der Waals surface area contributed by atoms with Crippen LogP contribution in [0, 0.1) is 28.6 Å². The predicted octanol–water partition coefficient (Wildman–Crippen LogP) is 6.80. The van der Waals surface area contributed by atoms with Gasteiger partial charge in [-0.05, 0) is 93.4 Å². The Morgan fingerprint density at radius 3 is 2.07 bits per heavy atom. The molecular weight excluding hydrogens is 328 g/mol. The van der Waals surface area contributed by atoms with Gasteiger partial charge in [-0.2, -0.15) is 0 Å². The molecule has 0 spiro atoms. The minimum atomic E-state index is 0.363. The van der Waals surface area contributed by atoms with Crippen LogP contribution < -0.4 is 0 Å². The van der Waals surface area contributed by atoms with Crippen LogP contribution in [0.15, 0.2) is 30.3 Å². The molecule has 5 saturated carbocycles. The second kappa shape index (κ2) is 7.21. The monoisotopic (exact) mass is 366 g/mol. The van der Waals surface area contributed by atoms with Gasteiger partial charge in [0, 0.05) is 5.41 Å². The van der Waals surface area contributed by atoms with E-state index in [4.69, 9.17) is 4.74 Å². The summed E-state index contributed by atoms with van der Waals surface area (Å²) in [5, 5.41) is 0. The van der Waals surface area contributed by atoms with Gasteiger partial charge in [-0.25, -0.2) is 0 Å². The van der Waals surface area contributed by atoms with Crippen molar-refractivity contribution in [2.45, 2.75) is 90.1 Å². The fourth-order valence-electron chi connectivity index (χ4n) is 7.93. The Labute approximate surface area is 166 Å². The molecule has 0 N–H and O–H groups in total. The molecule has 0 amide bonds. The van der Waals surface area contributed by atoms with Gasteiger partial charge in [-0.1, -0.05) is 49.6 Å². The zero-order valence-electron chi connectivity index (χ0n) is 17.3. The van der Waals surface area contributed by atoms with Crippen molar-refractivity contribution < 1.29 is 4.74 Å². The summed E-state index contributed by atoms with van der Waals surface area (Å²) < 4.78 is 6.84. The van der Waals surface area contributed by atoms with E-state index in [1.165, 1.54) is 82.6 Å². The molecule has 1 atom stereocenters. The lowest BCUT2D eigenvalue weighted by Gasteiger charge is -2.57. The normalized spacial score (nSPS) is 38.0. The smallest absolute Gasteiger partial charge is 0.0606 e. The fraction of sp³-hybridized carbons (Fsp3) is 0.769. The van der Waals surface area contributed by atoms with Crippen LogP contribution in [0.3, 0.4) is 0 Å². The summed E-state index contributed by atoms with van der Waals surface area (Å²) >= 11 is 0. The number of hydrogen-bond donors (Lipinski definition) is 0. The highest BCUT2D eigenvalue weighted by Crippen LogP contribution is 2.60. The van der Waals surface area contributed by atoms with Crippen LogP contribution in [0.1, 0.15) is 83.1 Å². The predicted molar refractivity (Wildman–Crippen MR) is 112 cm³/mol. The van der Waals surface area contributed by atoms with Gasteiger partial charge in [-0.3, -0.25) is 0 Å². The molecule has 0 aromatic heterocycles. The van der Waals surface area contributed by atoms with E-state index in [0.29, 0.717) is 16.9 Å². The largest absolute Gasteiger partial charge is 0.377 e. The van der Waals surface area contributed by atoms with Gasteiger partial charge < -0.3 is 4.74 Å². The van der Waals surface area contributed by atoms with Crippen LogP contribution in [0.25, 0.3) is 0 Å². The summed E-state index contributed by atoms with van der Waals surface area (Å²) in [5.74, 6) is 3.09. The van der Waals surface area contributed by atoms with E-state index in [-0.39, 0.29) is 0 Å². The molecule has 1 aromatic rings. The highest BCUT2D eigenvalue weighted by atomic mass is 16.5. The van der Waals surface area contributed by atoms with Gasteiger partial charge in [0.05, 0.1) is 12.7 Å². The molecule has 1 unspecified atom stereocenters. The lowest BCUT2D eigenvalue weighted by Crippen LogP contribution is -2.49.